The van der Waals surface area contributed by atoms with Gasteiger partial charge >= 0.3 is 0 Å². The van der Waals surface area contributed by atoms with Crippen molar-refractivity contribution in [1.29, 1.82) is 0 Å². The number of fused-ring (bicyclic) bond motifs is 1. The summed E-state index contributed by atoms with van der Waals surface area (Å²) in [4.78, 5) is 4.17. The number of hydrogen-bond donors (Lipinski definition) is 1. The van der Waals surface area contributed by atoms with Crippen LogP contribution in [-0.2, 0) is 13.6 Å². The molecule has 3 aromatic rings. The topological polar surface area (TPSA) is 68.5 Å². The van der Waals surface area contributed by atoms with Crippen LogP contribution >= 0.6 is 0 Å². The third-order valence-corrected chi connectivity index (χ3v) is 2.93. The van der Waals surface area contributed by atoms with Crippen LogP contribution in [0.2, 0.25) is 0 Å². The third-order valence-electron chi connectivity index (χ3n) is 2.93. The molecule has 6 heteroatoms. The molecule has 0 atom stereocenters. The molecule has 1 aromatic carbocycles. The third kappa shape index (κ3) is 2.24. The van der Waals surface area contributed by atoms with Crippen LogP contribution in [0, 0.1) is 6.92 Å². The van der Waals surface area contributed by atoms with Crippen molar-refractivity contribution in [3.63, 3.8) is 0 Å². The first-order chi connectivity index (χ1) is 9.24. The molecule has 19 heavy (non-hydrogen) atoms. The van der Waals surface area contributed by atoms with Gasteiger partial charge in [0.1, 0.15) is 6.33 Å². The van der Waals surface area contributed by atoms with E-state index in [2.05, 4.69) is 25.6 Å². The Morgan fingerprint density at radius 2 is 1.95 bits per heavy atom. The van der Waals surface area contributed by atoms with Crippen LogP contribution in [0.1, 0.15) is 11.5 Å². The number of anilines is 1. The fourth-order valence-electron chi connectivity index (χ4n) is 2.00. The van der Waals surface area contributed by atoms with Gasteiger partial charge in [-0.15, -0.1) is 5.10 Å². The normalized spacial score (nSPS) is 10.8. The Morgan fingerprint density at radius 1 is 1.16 bits per heavy atom. The summed E-state index contributed by atoms with van der Waals surface area (Å²) >= 11 is 0. The lowest BCUT2D eigenvalue weighted by Gasteiger charge is -2.07. The molecule has 0 saturated carbocycles. The van der Waals surface area contributed by atoms with Crippen molar-refractivity contribution in [2.45, 2.75) is 13.5 Å². The van der Waals surface area contributed by atoms with Crippen LogP contribution in [0.5, 0.6) is 0 Å². The first-order valence-electron chi connectivity index (χ1n) is 6.04. The molecule has 0 aliphatic rings. The number of rotatable bonds is 3. The summed E-state index contributed by atoms with van der Waals surface area (Å²) in [5.41, 5.74) is 0.928. The maximum absolute atomic E-state index is 4.22. The highest BCUT2D eigenvalue weighted by molar-refractivity contribution is 5.92. The summed E-state index contributed by atoms with van der Waals surface area (Å²) in [6, 6.07) is 8.07. The van der Waals surface area contributed by atoms with E-state index in [1.807, 2.05) is 38.2 Å². The fraction of sp³-hybridized carbons (Fsp3) is 0.231. The van der Waals surface area contributed by atoms with Gasteiger partial charge < -0.3 is 5.32 Å². The molecule has 0 fully saturated rings. The van der Waals surface area contributed by atoms with Gasteiger partial charge in [-0.2, -0.15) is 10.2 Å². The van der Waals surface area contributed by atoms with Crippen molar-refractivity contribution < 1.29 is 0 Å². The van der Waals surface area contributed by atoms with Gasteiger partial charge in [-0.05, 0) is 6.92 Å². The predicted octanol–water partition coefficient (Wildman–Crippen LogP) is 1.68. The molecule has 0 saturated heterocycles. The molecule has 96 valence electrons. The fourth-order valence-corrected chi connectivity index (χ4v) is 2.00. The quantitative estimate of drug-likeness (QED) is 0.770. The Bertz CT molecular complexity index is 718. The van der Waals surface area contributed by atoms with E-state index < -0.39 is 0 Å². The van der Waals surface area contributed by atoms with Gasteiger partial charge in [-0.1, -0.05) is 24.3 Å². The van der Waals surface area contributed by atoms with Gasteiger partial charge in [-0.3, -0.25) is 4.68 Å². The summed E-state index contributed by atoms with van der Waals surface area (Å²) in [6.45, 7) is 2.49. The summed E-state index contributed by atoms with van der Waals surface area (Å²) in [7, 11) is 1.84. The van der Waals surface area contributed by atoms with Crippen molar-refractivity contribution in [3.05, 3.63) is 42.1 Å². The average Bonchev–Trinajstić information content (AvgIpc) is 2.84. The second kappa shape index (κ2) is 4.64. The molecule has 0 spiro atoms. The number of nitrogens with zero attached hydrogens (tertiary/aromatic N) is 5. The van der Waals surface area contributed by atoms with Crippen LogP contribution in [0.25, 0.3) is 10.8 Å². The maximum atomic E-state index is 4.22. The van der Waals surface area contributed by atoms with Crippen LogP contribution < -0.4 is 5.32 Å². The minimum absolute atomic E-state index is 0.530. The molecule has 1 N–H and O–H groups in total. The van der Waals surface area contributed by atoms with E-state index in [1.165, 1.54) is 0 Å². The first kappa shape index (κ1) is 11.6. The highest BCUT2D eigenvalue weighted by atomic mass is 15.3. The Kier molecular flexibility index (Phi) is 2.83. The van der Waals surface area contributed by atoms with Crippen molar-refractivity contribution in [3.8, 4) is 0 Å². The van der Waals surface area contributed by atoms with E-state index in [9.17, 15) is 0 Å². The predicted molar refractivity (Wildman–Crippen MR) is 72.6 cm³/mol. The zero-order valence-electron chi connectivity index (χ0n) is 10.8. The second-order valence-corrected chi connectivity index (χ2v) is 4.37. The standard InChI is InChI=1S/C13H14N6/c1-9-10-5-3-4-6-11(10)13(17-16-9)14-7-12-15-8-19(2)18-12/h3-6,8H,7H2,1-2H3,(H,14,17). The molecule has 2 aromatic heterocycles. The molecule has 0 aliphatic carbocycles. The minimum atomic E-state index is 0.530. The lowest BCUT2D eigenvalue weighted by Crippen LogP contribution is -2.06. The zero-order chi connectivity index (χ0) is 13.2. The molecule has 3 rings (SSSR count). The van der Waals surface area contributed by atoms with Gasteiger partial charge in [0.15, 0.2) is 11.6 Å². The van der Waals surface area contributed by atoms with E-state index in [-0.39, 0.29) is 0 Å². The molecule has 6 nitrogen and oxygen atoms in total. The molecule has 0 radical (unpaired) electrons. The van der Waals surface area contributed by atoms with E-state index >= 15 is 0 Å². The monoisotopic (exact) mass is 254 g/mol. The van der Waals surface area contributed by atoms with Gasteiger partial charge in [0.2, 0.25) is 0 Å². The van der Waals surface area contributed by atoms with E-state index in [0.717, 1.165) is 28.1 Å². The lowest BCUT2D eigenvalue weighted by atomic mass is 10.1. The van der Waals surface area contributed by atoms with E-state index in [0.29, 0.717) is 6.54 Å². The van der Waals surface area contributed by atoms with Crippen molar-refractivity contribution in [2.24, 2.45) is 7.05 Å². The van der Waals surface area contributed by atoms with Crippen LogP contribution in [-0.4, -0.2) is 25.0 Å². The summed E-state index contributed by atoms with van der Waals surface area (Å²) in [6.07, 6.45) is 1.68. The molecular formula is C13H14N6. The second-order valence-electron chi connectivity index (χ2n) is 4.37. The van der Waals surface area contributed by atoms with Crippen molar-refractivity contribution in [1.82, 2.24) is 25.0 Å². The van der Waals surface area contributed by atoms with Gasteiger partial charge in [0.05, 0.1) is 12.2 Å². The number of aryl methyl sites for hydroxylation is 2. The largest absolute Gasteiger partial charge is 0.361 e. The molecule has 0 bridgehead atoms. The Balaban J connectivity index is 1.91. The molecule has 0 aliphatic heterocycles. The summed E-state index contributed by atoms with van der Waals surface area (Å²) in [5, 5.41) is 18.0. The molecular weight excluding hydrogens is 240 g/mol. The zero-order valence-corrected chi connectivity index (χ0v) is 10.8. The SMILES string of the molecule is Cc1nnc(NCc2ncn(C)n2)c2ccccc12. The lowest BCUT2D eigenvalue weighted by molar-refractivity contribution is 0.746. The Morgan fingerprint density at radius 3 is 2.68 bits per heavy atom. The Hall–Kier alpha value is -2.50. The first-order valence-corrected chi connectivity index (χ1v) is 6.04. The average molecular weight is 254 g/mol. The van der Waals surface area contributed by atoms with Crippen LogP contribution in [0.3, 0.4) is 0 Å². The number of hydrogen-bond acceptors (Lipinski definition) is 5. The molecule has 0 unspecified atom stereocenters. The van der Waals surface area contributed by atoms with E-state index in [4.69, 9.17) is 0 Å². The number of aromatic nitrogens is 5. The highest BCUT2D eigenvalue weighted by Crippen LogP contribution is 2.22. The highest BCUT2D eigenvalue weighted by Gasteiger charge is 2.06. The number of nitrogens with one attached hydrogen (secondary N) is 1. The smallest absolute Gasteiger partial charge is 0.169 e. The van der Waals surface area contributed by atoms with Crippen molar-refractivity contribution in [2.75, 3.05) is 5.32 Å². The van der Waals surface area contributed by atoms with Gasteiger partial charge in [-0.25, -0.2) is 4.98 Å². The van der Waals surface area contributed by atoms with Crippen LogP contribution in [0.15, 0.2) is 30.6 Å². The molecule has 0 amide bonds. The van der Waals surface area contributed by atoms with E-state index in [1.54, 1.807) is 11.0 Å². The maximum Gasteiger partial charge on any atom is 0.169 e. The van der Waals surface area contributed by atoms with Gasteiger partial charge in [0, 0.05) is 17.8 Å². The van der Waals surface area contributed by atoms with Crippen molar-refractivity contribution >= 4 is 16.6 Å². The van der Waals surface area contributed by atoms with Gasteiger partial charge in [0.25, 0.3) is 0 Å². The minimum Gasteiger partial charge on any atom is -0.361 e. The Labute approximate surface area is 110 Å². The summed E-state index contributed by atoms with van der Waals surface area (Å²) in [5.74, 6) is 1.49. The number of benzene rings is 1. The molecule has 2 heterocycles. The van der Waals surface area contributed by atoms with Crippen LogP contribution in [0.4, 0.5) is 5.82 Å². The summed E-state index contributed by atoms with van der Waals surface area (Å²) < 4.78 is 1.68.